The van der Waals surface area contributed by atoms with Crippen LogP contribution in [0.1, 0.15) is 44.9 Å². The average molecular weight is 1040 g/mol. The summed E-state index contributed by atoms with van der Waals surface area (Å²) in [4.78, 5) is 14.2. The van der Waals surface area contributed by atoms with Gasteiger partial charge in [-0.25, -0.2) is 0 Å². The van der Waals surface area contributed by atoms with Crippen molar-refractivity contribution in [3.05, 3.63) is 312 Å². The minimum atomic E-state index is -1.08. The van der Waals surface area contributed by atoms with Gasteiger partial charge in [-0.05, 0) is 119 Å². The van der Waals surface area contributed by atoms with E-state index in [1.807, 2.05) is 0 Å². The lowest BCUT2D eigenvalue weighted by atomic mass is 9.53. The molecule has 10 aromatic carbocycles. The highest BCUT2D eigenvalue weighted by Crippen LogP contribution is 2.71. The van der Waals surface area contributed by atoms with Crippen LogP contribution in [0.4, 0.5) is 68.6 Å². The summed E-state index contributed by atoms with van der Waals surface area (Å²) >= 11 is 3.60. The summed E-state index contributed by atoms with van der Waals surface area (Å²) < 4.78 is 16.5. The van der Waals surface area contributed by atoms with Crippen LogP contribution in [0.25, 0.3) is 0 Å². The molecule has 8 heteroatoms. The molecule has 0 unspecified atom stereocenters. The van der Waals surface area contributed by atoms with E-state index in [1.54, 1.807) is 23.5 Å². The molecule has 78 heavy (non-hydrogen) atoms. The van der Waals surface area contributed by atoms with Gasteiger partial charge in [-0.2, -0.15) is 0 Å². The Morgan fingerprint density at radius 1 is 0.244 bits per heavy atom. The van der Waals surface area contributed by atoms with Gasteiger partial charge < -0.3 is 18.6 Å². The van der Waals surface area contributed by atoms with Crippen LogP contribution in [0.3, 0.4) is 0 Å². The molecule has 17 rings (SSSR count). The van der Waals surface area contributed by atoms with Crippen LogP contribution in [0, 0.1) is 0 Å². The fraction of sp³-hybridized carbons (Fsp3) is 0.0286. The van der Waals surface area contributed by atoms with Crippen LogP contribution in [-0.2, 0) is 10.8 Å². The third-order valence-electron chi connectivity index (χ3n) is 16.5. The zero-order chi connectivity index (χ0) is 51.1. The second kappa shape index (κ2) is 16.6. The number of hydrogen-bond acceptors (Lipinski definition) is 8. The van der Waals surface area contributed by atoms with Gasteiger partial charge in [0.05, 0.1) is 45.5 Å². The normalized spacial score (nSPS) is 15.2. The van der Waals surface area contributed by atoms with E-state index in [0.717, 1.165) is 133 Å². The summed E-state index contributed by atoms with van der Waals surface area (Å²) in [7, 11) is 0. The molecule has 4 aliphatic heterocycles. The molecule has 0 N–H and O–H groups in total. The number of benzene rings is 10. The molecule has 0 atom stereocenters. The Morgan fingerprint density at radius 2 is 0.500 bits per heavy atom. The summed E-state index contributed by atoms with van der Waals surface area (Å²) in [5.74, 6) is 3.12. The van der Waals surface area contributed by atoms with Crippen LogP contribution in [0.5, 0.6) is 0 Å². The highest BCUT2D eigenvalue weighted by atomic mass is 32.2. The molecule has 0 bridgehead atoms. The van der Waals surface area contributed by atoms with E-state index in [4.69, 9.17) is 8.83 Å². The number of nitrogens with zero attached hydrogens (tertiary/aromatic N) is 4. The smallest absolute Gasteiger partial charge is 0.205 e. The highest BCUT2D eigenvalue weighted by molar-refractivity contribution is 8.00. The summed E-state index contributed by atoms with van der Waals surface area (Å²) in [5.41, 5.74) is 14.9. The highest BCUT2D eigenvalue weighted by Gasteiger charge is 2.64. The van der Waals surface area contributed by atoms with Crippen molar-refractivity contribution in [2.45, 2.75) is 30.4 Å². The Morgan fingerprint density at radius 3 is 0.808 bits per heavy atom. The predicted octanol–water partition coefficient (Wildman–Crippen LogP) is 19.4. The van der Waals surface area contributed by atoms with Gasteiger partial charge in [0.25, 0.3) is 0 Å². The Labute approximate surface area is 460 Å². The molecule has 12 aromatic rings. The first-order valence-electron chi connectivity index (χ1n) is 26.4. The number of para-hydroxylation sites is 10. The van der Waals surface area contributed by atoms with Crippen LogP contribution < -0.4 is 19.6 Å². The maximum Gasteiger partial charge on any atom is 0.205 e. The summed E-state index contributed by atoms with van der Waals surface area (Å²) in [6, 6.07) is 96.9. The third kappa shape index (κ3) is 5.80. The second-order valence-electron chi connectivity index (χ2n) is 20.3. The van der Waals surface area contributed by atoms with Gasteiger partial charge in [-0.1, -0.05) is 181 Å². The van der Waals surface area contributed by atoms with Crippen molar-refractivity contribution in [3.63, 3.8) is 0 Å². The minimum Gasteiger partial charge on any atom is -0.443 e. The Hall–Kier alpha value is -9.34. The van der Waals surface area contributed by atoms with Crippen LogP contribution in [0.15, 0.2) is 295 Å². The number of rotatable bonds is 4. The lowest BCUT2D eigenvalue weighted by Gasteiger charge is -2.51. The van der Waals surface area contributed by atoms with Gasteiger partial charge in [-0.3, -0.25) is 9.80 Å². The van der Waals surface area contributed by atoms with E-state index in [0.29, 0.717) is 0 Å². The maximum atomic E-state index is 8.23. The Balaban J connectivity index is 1.07. The fourth-order valence-corrected chi connectivity index (χ4v) is 15.6. The number of fused-ring (bicyclic) bond motifs is 18. The van der Waals surface area contributed by atoms with Crippen LogP contribution in [-0.4, -0.2) is 0 Å². The van der Waals surface area contributed by atoms with E-state index in [2.05, 4.69) is 287 Å². The average Bonchev–Trinajstić information content (AvgIpc) is 3.74. The quantitative estimate of drug-likeness (QED) is 0.173. The second-order valence-corrected chi connectivity index (χ2v) is 22.5. The fourth-order valence-electron chi connectivity index (χ4n) is 13.5. The van der Waals surface area contributed by atoms with E-state index >= 15 is 0 Å². The van der Waals surface area contributed by atoms with Gasteiger partial charge in [0.15, 0.2) is 0 Å². The molecule has 0 amide bonds. The zero-order valence-corrected chi connectivity index (χ0v) is 43.5. The molecule has 2 aromatic heterocycles. The first kappa shape index (κ1) is 43.9. The molecule has 1 aliphatic carbocycles. The van der Waals surface area contributed by atoms with Crippen molar-refractivity contribution in [1.29, 1.82) is 0 Å². The molecule has 6 heterocycles. The predicted molar refractivity (Wildman–Crippen MR) is 315 cm³/mol. The van der Waals surface area contributed by atoms with Crippen molar-refractivity contribution < 1.29 is 8.83 Å². The summed E-state index contributed by atoms with van der Waals surface area (Å²) in [6.07, 6.45) is 0. The minimum absolute atomic E-state index is 0.723. The number of furan rings is 2. The van der Waals surface area contributed by atoms with Gasteiger partial charge >= 0.3 is 0 Å². The third-order valence-corrected chi connectivity index (χ3v) is 18.7. The monoisotopic (exact) mass is 1040 g/mol. The SMILES string of the molecule is c1ccc(N2c3ccccc3C3(c4ccccc42)c2cc(N4c5ccccc5Sc5ccccc54)oc2C2(c4ccccc4N(c4ccccc4)c4ccccc42)c2cc(N4c5ccccc5Sc5ccccc54)oc23)cc1. The van der Waals surface area contributed by atoms with Crippen molar-refractivity contribution in [2.24, 2.45) is 0 Å². The molecule has 0 radical (unpaired) electrons. The van der Waals surface area contributed by atoms with Gasteiger partial charge in [0, 0.05) is 54.2 Å². The standard InChI is InChI=1S/C70H44N4O2S2/c1-3-23-45(24-4-1)71-53-31-11-7-27-47(53)69(48-28-8-12-32-54(48)71)51-43-65(73-57-35-15-19-39-61(57)77-62-40-20-16-36-58(62)73)76-68(51)70(49-29-9-13-33-55(49)72(46-25-5-2-6-26-46)56-34-14-10-30-50(56)70)52-44-66(75-67(52)69)74-59-37-17-21-41-63(59)78-64-42-22-18-38-60(64)74/h1-44H. The molecule has 0 saturated heterocycles. The summed E-state index contributed by atoms with van der Waals surface area (Å²) in [6.45, 7) is 0. The molecule has 6 nitrogen and oxygen atoms in total. The summed E-state index contributed by atoms with van der Waals surface area (Å²) in [5, 5.41) is 0. The molecule has 0 fully saturated rings. The lowest BCUT2D eigenvalue weighted by Crippen LogP contribution is -2.48. The van der Waals surface area contributed by atoms with Gasteiger partial charge in [0.1, 0.15) is 22.4 Å². The first-order chi connectivity index (χ1) is 38.7. The largest absolute Gasteiger partial charge is 0.443 e. The van der Waals surface area contributed by atoms with Gasteiger partial charge in [0.2, 0.25) is 11.8 Å². The van der Waals surface area contributed by atoms with Crippen LogP contribution in [0.2, 0.25) is 0 Å². The van der Waals surface area contributed by atoms with E-state index in [-0.39, 0.29) is 0 Å². The van der Waals surface area contributed by atoms with Crippen molar-refractivity contribution in [1.82, 2.24) is 0 Å². The number of hydrogen-bond donors (Lipinski definition) is 0. The molecule has 2 spiro atoms. The van der Waals surface area contributed by atoms with E-state index < -0.39 is 10.8 Å². The van der Waals surface area contributed by atoms with Crippen molar-refractivity contribution in [2.75, 3.05) is 19.6 Å². The van der Waals surface area contributed by atoms with E-state index in [9.17, 15) is 0 Å². The van der Waals surface area contributed by atoms with E-state index in [1.165, 1.54) is 0 Å². The molecular formula is C70H44N4O2S2. The van der Waals surface area contributed by atoms with Gasteiger partial charge in [-0.15, -0.1) is 0 Å². The topological polar surface area (TPSA) is 39.2 Å². The molecule has 5 aliphatic rings. The van der Waals surface area contributed by atoms with Crippen molar-refractivity contribution >= 4 is 92.2 Å². The molecule has 368 valence electrons. The molecular weight excluding hydrogens is 993 g/mol. The maximum absolute atomic E-state index is 8.23. The van der Waals surface area contributed by atoms with Crippen LogP contribution >= 0.6 is 23.5 Å². The lowest BCUT2D eigenvalue weighted by molar-refractivity contribution is 0.398. The number of anilines is 12. The Kier molecular flexibility index (Phi) is 9.32. The molecule has 0 saturated carbocycles. The Bertz CT molecular complexity index is 3900. The zero-order valence-electron chi connectivity index (χ0n) is 41.8. The first-order valence-corrected chi connectivity index (χ1v) is 28.0. The van der Waals surface area contributed by atoms with Crippen molar-refractivity contribution in [3.8, 4) is 0 Å².